The van der Waals surface area contributed by atoms with E-state index in [-0.39, 0.29) is 5.56 Å². The highest BCUT2D eigenvalue weighted by molar-refractivity contribution is 7.79. The summed E-state index contributed by atoms with van der Waals surface area (Å²) < 4.78 is 0. The first kappa shape index (κ1) is 25.4. The lowest BCUT2D eigenvalue weighted by Crippen LogP contribution is -2.28. The highest BCUT2D eigenvalue weighted by Gasteiger charge is 2.21. The number of allylic oxidation sites excluding steroid dienone is 4. The van der Waals surface area contributed by atoms with Gasteiger partial charge in [0.15, 0.2) is 0 Å². The average molecular weight is 490 g/mol. The van der Waals surface area contributed by atoms with E-state index >= 15 is 0 Å². The molecule has 2 nitrogen and oxygen atoms in total. The monoisotopic (exact) mass is 489 g/mol. The zero-order chi connectivity index (χ0) is 25.5. The third-order valence-corrected chi connectivity index (χ3v) is 8.36. The minimum absolute atomic E-state index is 0.0577. The van der Waals surface area contributed by atoms with Gasteiger partial charge >= 0.3 is 0 Å². The smallest absolute Gasteiger partial charge is 0.256 e. The molecule has 0 fully saturated rings. The molecule has 0 atom stereocenters. The second-order valence-corrected chi connectivity index (χ2v) is 11.1. The van der Waals surface area contributed by atoms with Crippen LogP contribution in [0.4, 0.5) is 0 Å². The fourth-order valence-corrected chi connectivity index (χ4v) is 7.14. The summed E-state index contributed by atoms with van der Waals surface area (Å²) in [6.07, 6.45) is 10.9. The quantitative estimate of drug-likeness (QED) is 0.197. The van der Waals surface area contributed by atoms with Crippen LogP contribution in [0, 0.1) is 0 Å². The Hall–Kier alpha value is -3.74. The summed E-state index contributed by atoms with van der Waals surface area (Å²) >= 11 is 0. The number of hydrogen-bond donors (Lipinski definition) is 1. The zero-order valence-corrected chi connectivity index (χ0v) is 21.6. The van der Waals surface area contributed by atoms with Crippen molar-refractivity contribution in [3.8, 4) is 0 Å². The van der Waals surface area contributed by atoms with E-state index in [4.69, 9.17) is 0 Å². The van der Waals surface area contributed by atoms with Crippen LogP contribution in [-0.4, -0.2) is 4.98 Å². The molecular weight excluding hydrogens is 457 g/mol. The van der Waals surface area contributed by atoms with Crippen molar-refractivity contribution in [3.05, 3.63) is 150 Å². The van der Waals surface area contributed by atoms with Gasteiger partial charge in [-0.15, -0.1) is 26.3 Å². The molecule has 0 saturated carbocycles. The molecule has 180 valence electrons. The number of benzene rings is 3. The predicted octanol–water partition coefficient (Wildman–Crippen LogP) is 6.20. The minimum atomic E-state index is -1.04. The second-order valence-electron chi connectivity index (χ2n) is 8.89. The molecule has 0 unspecified atom stereocenters. The maximum absolute atomic E-state index is 13.1. The van der Waals surface area contributed by atoms with Gasteiger partial charge in [0.25, 0.3) is 5.56 Å². The number of rotatable bonds is 11. The molecule has 0 saturated heterocycles. The van der Waals surface area contributed by atoms with Gasteiger partial charge in [0.05, 0.1) is 5.44 Å². The third-order valence-electron chi connectivity index (χ3n) is 6.09. The minimum Gasteiger partial charge on any atom is -0.321 e. The van der Waals surface area contributed by atoms with Crippen LogP contribution in [0.1, 0.15) is 22.3 Å². The van der Waals surface area contributed by atoms with Crippen LogP contribution < -0.4 is 21.6 Å². The highest BCUT2D eigenvalue weighted by atomic mass is 31.1. The second kappa shape index (κ2) is 11.8. The number of hydrogen-bond acceptors (Lipinski definition) is 1. The molecule has 3 aromatic carbocycles. The Bertz CT molecular complexity index is 1370. The normalized spacial score (nSPS) is 10.9. The first-order valence-corrected chi connectivity index (χ1v) is 13.5. The average Bonchev–Trinajstić information content (AvgIpc) is 2.85. The topological polar surface area (TPSA) is 32.9 Å². The Morgan fingerprint density at radius 1 is 0.639 bits per heavy atom. The molecule has 3 heteroatoms. The Morgan fingerprint density at radius 2 is 1.08 bits per heavy atom. The fourth-order valence-electron chi connectivity index (χ4n) is 4.63. The maximum Gasteiger partial charge on any atom is 0.256 e. The summed E-state index contributed by atoms with van der Waals surface area (Å²) in [5.74, 6) is 0. The Labute approximate surface area is 215 Å². The van der Waals surface area contributed by atoms with Crippen molar-refractivity contribution < 1.29 is 0 Å². The van der Waals surface area contributed by atoms with Gasteiger partial charge < -0.3 is 4.98 Å². The Kier molecular flexibility index (Phi) is 8.31. The highest BCUT2D eigenvalue weighted by Crippen LogP contribution is 2.34. The Morgan fingerprint density at radius 3 is 1.53 bits per heavy atom. The summed E-state index contributed by atoms with van der Waals surface area (Å²) in [5.41, 5.74) is 5.73. The van der Waals surface area contributed by atoms with Crippen molar-refractivity contribution in [3.63, 3.8) is 0 Å². The molecule has 4 aromatic rings. The zero-order valence-electron chi connectivity index (χ0n) is 20.7. The van der Waals surface area contributed by atoms with Gasteiger partial charge in [-0.05, 0) is 76.1 Å². The third kappa shape index (κ3) is 5.73. The number of pyridine rings is 1. The van der Waals surface area contributed by atoms with Crippen molar-refractivity contribution in [2.75, 3.05) is 0 Å². The van der Waals surface area contributed by atoms with Gasteiger partial charge in [0, 0.05) is 13.3 Å². The first-order valence-electron chi connectivity index (χ1n) is 12.2. The molecule has 36 heavy (non-hydrogen) atoms. The van der Waals surface area contributed by atoms with Crippen molar-refractivity contribution in [2.24, 2.45) is 0 Å². The Balaban J connectivity index is 2.02. The van der Waals surface area contributed by atoms with E-state index in [0.717, 1.165) is 36.5 Å². The maximum atomic E-state index is 13.1. The van der Waals surface area contributed by atoms with Crippen LogP contribution in [-0.2, 0) is 25.7 Å². The molecule has 0 aliphatic heterocycles. The van der Waals surface area contributed by atoms with Crippen LogP contribution in [0.3, 0.4) is 0 Å². The molecule has 0 radical (unpaired) electrons. The summed E-state index contributed by atoms with van der Waals surface area (Å²) in [6.45, 7) is 15.8. The van der Waals surface area contributed by atoms with E-state index in [1.165, 1.54) is 32.9 Å². The standard InChI is InChI=1S/C33H32NOP/c1-5-11-24-17-25(12-6-2)20-29(19-24)36(30-21-26(13-7-3)18-27(22-30)14-8-4)32-23-28-15-9-10-16-31(28)33(35)34-32/h5-10,15-23H,1-4,11-14H2,(H,34,35). The van der Waals surface area contributed by atoms with E-state index in [0.29, 0.717) is 5.39 Å². The first-order chi connectivity index (χ1) is 17.6. The lowest BCUT2D eigenvalue weighted by molar-refractivity contribution is 1.21. The van der Waals surface area contributed by atoms with Crippen LogP contribution in [0.5, 0.6) is 0 Å². The number of fused-ring (bicyclic) bond motifs is 1. The molecule has 0 aliphatic carbocycles. The molecule has 0 bridgehead atoms. The largest absolute Gasteiger partial charge is 0.321 e. The van der Waals surface area contributed by atoms with Gasteiger partial charge in [-0.3, -0.25) is 4.79 Å². The van der Waals surface area contributed by atoms with Crippen molar-refractivity contribution in [1.29, 1.82) is 0 Å². The fraction of sp³-hybridized carbons (Fsp3) is 0.121. The summed E-state index contributed by atoms with van der Waals surface area (Å²) in [5, 5.41) is 4.06. The SMILES string of the molecule is C=CCc1cc(CC=C)cc(P(c2cc(CC=C)cc(CC=C)c2)c2cc3ccccc3c(=O)[nH]2)c1. The number of aromatic nitrogens is 1. The van der Waals surface area contributed by atoms with Crippen LogP contribution in [0.15, 0.2) is 122 Å². The molecule has 0 amide bonds. The van der Waals surface area contributed by atoms with Crippen LogP contribution >= 0.6 is 7.92 Å². The van der Waals surface area contributed by atoms with E-state index in [2.05, 4.69) is 73.8 Å². The van der Waals surface area contributed by atoms with Crippen LogP contribution in [0.2, 0.25) is 0 Å². The van der Waals surface area contributed by atoms with Gasteiger partial charge in [0.1, 0.15) is 0 Å². The molecule has 1 aromatic heterocycles. The van der Waals surface area contributed by atoms with E-state index in [9.17, 15) is 4.79 Å². The van der Waals surface area contributed by atoms with Gasteiger partial charge in [-0.2, -0.15) is 0 Å². The van der Waals surface area contributed by atoms with Crippen molar-refractivity contribution >= 4 is 34.7 Å². The summed E-state index contributed by atoms with van der Waals surface area (Å²) in [6, 6.07) is 23.4. The predicted molar refractivity (Wildman–Crippen MR) is 159 cm³/mol. The van der Waals surface area contributed by atoms with Gasteiger partial charge in [-0.25, -0.2) is 0 Å². The number of H-pyrrole nitrogens is 1. The molecule has 0 aliphatic rings. The molecule has 0 spiro atoms. The van der Waals surface area contributed by atoms with Gasteiger partial charge in [0.2, 0.25) is 0 Å². The van der Waals surface area contributed by atoms with Gasteiger partial charge in [-0.1, -0.05) is 78.9 Å². The molecular formula is C33H32NOP. The molecule has 4 rings (SSSR count). The molecule has 1 N–H and O–H groups in total. The van der Waals surface area contributed by atoms with E-state index < -0.39 is 7.92 Å². The summed E-state index contributed by atoms with van der Waals surface area (Å²) in [7, 11) is -1.04. The van der Waals surface area contributed by atoms with Crippen LogP contribution in [0.25, 0.3) is 10.8 Å². The van der Waals surface area contributed by atoms with Crippen molar-refractivity contribution in [1.82, 2.24) is 4.98 Å². The lowest BCUT2D eigenvalue weighted by Gasteiger charge is -2.22. The van der Waals surface area contributed by atoms with E-state index in [1.54, 1.807) is 0 Å². The molecule has 1 heterocycles. The number of aromatic amines is 1. The van der Waals surface area contributed by atoms with Crippen molar-refractivity contribution in [2.45, 2.75) is 25.7 Å². The summed E-state index contributed by atoms with van der Waals surface area (Å²) in [4.78, 5) is 16.4. The lowest BCUT2D eigenvalue weighted by atomic mass is 10.1. The number of nitrogens with one attached hydrogen (secondary N) is 1. The van der Waals surface area contributed by atoms with E-state index in [1.807, 2.05) is 48.6 Å².